The second-order valence-corrected chi connectivity index (χ2v) is 12.7. The summed E-state index contributed by atoms with van der Waals surface area (Å²) in [5, 5.41) is 2.68. The summed E-state index contributed by atoms with van der Waals surface area (Å²) in [5.41, 5.74) is 1.03. The molecule has 0 heterocycles. The molecule has 0 unspecified atom stereocenters. The molecule has 3 rings (SSSR count). The Morgan fingerprint density at radius 3 is 2.21 bits per heavy atom. The highest BCUT2D eigenvalue weighted by Gasteiger charge is 2.29. The van der Waals surface area contributed by atoms with Gasteiger partial charge in [-0.05, 0) is 55.7 Å². The van der Waals surface area contributed by atoms with Crippen LogP contribution in [0.2, 0.25) is 0 Å². The predicted octanol–water partition coefficient (Wildman–Crippen LogP) is 3.45. The van der Waals surface area contributed by atoms with Gasteiger partial charge in [-0.2, -0.15) is 4.31 Å². The molecule has 1 fully saturated rings. The maximum absolute atomic E-state index is 13.1. The molecule has 0 spiro atoms. The van der Waals surface area contributed by atoms with Crippen molar-refractivity contribution in [3.05, 3.63) is 53.6 Å². The summed E-state index contributed by atoms with van der Waals surface area (Å²) < 4.78 is 53.9. The monoisotopic (exact) mass is 493 g/mol. The van der Waals surface area contributed by atoms with E-state index in [1.807, 2.05) is 0 Å². The van der Waals surface area contributed by atoms with Crippen LogP contribution in [0.5, 0.6) is 0 Å². The molecule has 2 aromatic rings. The Balaban J connectivity index is 1.84. The molecule has 0 aromatic heterocycles. The largest absolute Gasteiger partial charge is 0.322 e. The Bertz CT molecular complexity index is 1230. The molecule has 0 atom stereocenters. The molecule has 33 heavy (non-hydrogen) atoms. The Kier molecular flexibility index (Phi) is 7.62. The van der Waals surface area contributed by atoms with Crippen molar-refractivity contribution in [1.82, 2.24) is 8.61 Å². The highest BCUT2D eigenvalue weighted by Crippen LogP contribution is 2.27. The summed E-state index contributed by atoms with van der Waals surface area (Å²) in [6.07, 6.45) is 4.81. The number of carbonyl (C=O) groups excluding carboxylic acids is 1. The van der Waals surface area contributed by atoms with Crippen molar-refractivity contribution < 1.29 is 21.6 Å². The Morgan fingerprint density at radius 1 is 0.909 bits per heavy atom. The summed E-state index contributed by atoms with van der Waals surface area (Å²) in [5.74, 6) is -0.524. The lowest BCUT2D eigenvalue weighted by atomic mass is 9.96. The van der Waals surface area contributed by atoms with Crippen LogP contribution in [0.4, 0.5) is 5.69 Å². The SMILES string of the molecule is Cc1ccc(NC(=O)c2cccc(S(=O)(=O)N(C)C3CCCCC3)c2)cc1S(=O)(=O)N(C)C. The van der Waals surface area contributed by atoms with E-state index in [2.05, 4.69) is 5.32 Å². The molecule has 0 radical (unpaired) electrons. The Labute approximate surface area is 196 Å². The standard InChI is InChI=1S/C23H31N3O5S2/c1-17-13-14-19(16-22(17)33(30,31)25(2)3)24-23(27)18-9-8-12-21(15-18)32(28,29)26(4)20-10-6-5-7-11-20/h8-9,12-16,20H,5-7,10-11H2,1-4H3,(H,24,27). The van der Waals surface area contributed by atoms with E-state index in [-0.39, 0.29) is 21.4 Å². The lowest BCUT2D eigenvalue weighted by Crippen LogP contribution is -2.38. The van der Waals surface area contributed by atoms with Gasteiger partial charge in [0.25, 0.3) is 5.91 Å². The fourth-order valence-corrected chi connectivity index (χ4v) is 6.57. The normalized spacial score (nSPS) is 15.7. The molecule has 0 aliphatic heterocycles. The molecule has 0 bridgehead atoms. The van der Waals surface area contributed by atoms with Crippen LogP contribution in [0.1, 0.15) is 48.0 Å². The Hall–Kier alpha value is -2.27. The van der Waals surface area contributed by atoms with E-state index in [0.717, 1.165) is 36.4 Å². The van der Waals surface area contributed by atoms with Gasteiger partial charge in [-0.15, -0.1) is 0 Å². The number of rotatable bonds is 7. The number of hydrogen-bond donors (Lipinski definition) is 1. The average Bonchev–Trinajstić information content (AvgIpc) is 2.80. The van der Waals surface area contributed by atoms with Crippen molar-refractivity contribution in [3.63, 3.8) is 0 Å². The van der Waals surface area contributed by atoms with Crippen molar-refractivity contribution in [2.45, 2.75) is 54.9 Å². The number of aryl methyl sites for hydroxylation is 1. The van der Waals surface area contributed by atoms with Gasteiger partial charge in [-0.25, -0.2) is 21.1 Å². The van der Waals surface area contributed by atoms with Gasteiger partial charge in [0, 0.05) is 38.4 Å². The van der Waals surface area contributed by atoms with Gasteiger partial charge in [-0.1, -0.05) is 31.4 Å². The number of carbonyl (C=O) groups is 1. The van der Waals surface area contributed by atoms with Gasteiger partial charge >= 0.3 is 0 Å². The zero-order chi connectivity index (χ0) is 24.4. The third-order valence-corrected chi connectivity index (χ3v) is 9.93. The van der Waals surface area contributed by atoms with Gasteiger partial charge in [-0.3, -0.25) is 4.79 Å². The molecule has 180 valence electrons. The lowest BCUT2D eigenvalue weighted by Gasteiger charge is -2.30. The van der Waals surface area contributed by atoms with Gasteiger partial charge in [0.15, 0.2) is 0 Å². The number of hydrogen-bond acceptors (Lipinski definition) is 5. The number of nitrogens with one attached hydrogen (secondary N) is 1. The number of benzene rings is 2. The highest BCUT2D eigenvalue weighted by molar-refractivity contribution is 7.89. The van der Waals surface area contributed by atoms with E-state index in [1.54, 1.807) is 26.1 Å². The van der Waals surface area contributed by atoms with Crippen molar-refractivity contribution in [3.8, 4) is 0 Å². The third-order valence-electron chi connectivity index (χ3n) is 6.07. The lowest BCUT2D eigenvalue weighted by molar-refractivity contribution is 0.102. The number of nitrogens with zero attached hydrogens (tertiary/aromatic N) is 2. The topological polar surface area (TPSA) is 104 Å². The molecule has 2 aromatic carbocycles. The van der Waals surface area contributed by atoms with Crippen LogP contribution in [-0.2, 0) is 20.0 Å². The first-order chi connectivity index (χ1) is 15.4. The minimum atomic E-state index is -3.74. The number of anilines is 1. The maximum Gasteiger partial charge on any atom is 0.255 e. The van der Waals surface area contributed by atoms with Crippen LogP contribution < -0.4 is 5.32 Å². The average molecular weight is 494 g/mol. The quantitative estimate of drug-likeness (QED) is 0.636. The fraction of sp³-hybridized carbons (Fsp3) is 0.435. The minimum absolute atomic E-state index is 0.0362. The molecule has 0 saturated heterocycles. The zero-order valence-corrected chi connectivity index (χ0v) is 21.0. The third kappa shape index (κ3) is 5.46. The molecule has 1 aliphatic rings. The molecule has 1 N–H and O–H groups in total. The molecule has 10 heteroatoms. The summed E-state index contributed by atoms with van der Waals surface area (Å²) in [6.45, 7) is 1.68. The highest BCUT2D eigenvalue weighted by atomic mass is 32.2. The molecular formula is C23H31N3O5S2. The van der Waals surface area contributed by atoms with Gasteiger partial charge in [0.05, 0.1) is 9.79 Å². The van der Waals surface area contributed by atoms with E-state index in [1.165, 1.54) is 48.7 Å². The first-order valence-electron chi connectivity index (χ1n) is 10.9. The van der Waals surface area contributed by atoms with E-state index in [4.69, 9.17) is 0 Å². The van der Waals surface area contributed by atoms with Gasteiger partial charge in [0.2, 0.25) is 20.0 Å². The van der Waals surface area contributed by atoms with Crippen LogP contribution >= 0.6 is 0 Å². The molecule has 1 amide bonds. The molecule has 1 saturated carbocycles. The van der Waals surface area contributed by atoms with Crippen molar-refractivity contribution >= 4 is 31.6 Å². The van der Waals surface area contributed by atoms with Crippen molar-refractivity contribution in [2.75, 3.05) is 26.5 Å². The van der Waals surface area contributed by atoms with Crippen LogP contribution in [0, 0.1) is 6.92 Å². The first-order valence-corrected chi connectivity index (χ1v) is 13.8. The number of amides is 1. The van der Waals surface area contributed by atoms with E-state index >= 15 is 0 Å². The van der Waals surface area contributed by atoms with Crippen LogP contribution in [0.25, 0.3) is 0 Å². The summed E-state index contributed by atoms with van der Waals surface area (Å²) in [4.78, 5) is 13.0. The van der Waals surface area contributed by atoms with Gasteiger partial charge in [0.1, 0.15) is 0 Å². The first kappa shape index (κ1) is 25.4. The summed E-state index contributed by atoms with van der Waals surface area (Å²) >= 11 is 0. The minimum Gasteiger partial charge on any atom is -0.322 e. The second kappa shape index (κ2) is 9.92. The molecule has 8 nitrogen and oxygen atoms in total. The molecule has 1 aliphatic carbocycles. The van der Waals surface area contributed by atoms with E-state index in [0.29, 0.717) is 11.3 Å². The van der Waals surface area contributed by atoms with E-state index in [9.17, 15) is 21.6 Å². The predicted molar refractivity (Wildman–Crippen MR) is 128 cm³/mol. The van der Waals surface area contributed by atoms with Crippen LogP contribution in [-0.4, -0.2) is 58.5 Å². The van der Waals surface area contributed by atoms with Crippen LogP contribution in [0.3, 0.4) is 0 Å². The van der Waals surface area contributed by atoms with Crippen molar-refractivity contribution in [2.24, 2.45) is 0 Å². The summed E-state index contributed by atoms with van der Waals surface area (Å²) in [6, 6.07) is 10.5. The summed E-state index contributed by atoms with van der Waals surface area (Å²) in [7, 11) is -2.94. The second-order valence-electron chi connectivity index (χ2n) is 8.56. The zero-order valence-electron chi connectivity index (χ0n) is 19.4. The number of sulfonamides is 2. The van der Waals surface area contributed by atoms with Crippen LogP contribution in [0.15, 0.2) is 52.3 Å². The molecular weight excluding hydrogens is 462 g/mol. The maximum atomic E-state index is 13.1. The fourth-order valence-electron chi connectivity index (χ4n) is 3.96. The Morgan fingerprint density at radius 2 is 1.58 bits per heavy atom. The smallest absolute Gasteiger partial charge is 0.255 e. The van der Waals surface area contributed by atoms with Crippen molar-refractivity contribution in [1.29, 1.82) is 0 Å². The van der Waals surface area contributed by atoms with E-state index < -0.39 is 26.0 Å². The van der Waals surface area contributed by atoms with Gasteiger partial charge < -0.3 is 5.32 Å².